The number of hydrogen-bond donors (Lipinski definition) is 1. The van der Waals surface area contributed by atoms with Crippen LogP contribution in [0.3, 0.4) is 0 Å². The molecule has 0 unspecified atom stereocenters. The zero-order valence-electron chi connectivity index (χ0n) is 8.27. The van der Waals surface area contributed by atoms with E-state index < -0.39 is 0 Å². The van der Waals surface area contributed by atoms with E-state index in [1.807, 2.05) is 16.6 Å². The first-order valence-electron chi connectivity index (χ1n) is 4.82. The van der Waals surface area contributed by atoms with Crippen LogP contribution in [0.15, 0.2) is 24.4 Å². The Morgan fingerprint density at radius 2 is 2.36 bits per heavy atom. The highest BCUT2D eigenvalue weighted by Crippen LogP contribution is 2.23. The molecule has 1 aliphatic rings. The molecule has 0 radical (unpaired) electrons. The molecule has 2 heterocycles. The molecule has 2 rings (SSSR count). The highest BCUT2D eigenvalue weighted by atomic mass is 32.1. The lowest BCUT2D eigenvalue weighted by Crippen LogP contribution is -2.19. The van der Waals surface area contributed by atoms with Gasteiger partial charge in [-0.2, -0.15) is 0 Å². The van der Waals surface area contributed by atoms with Gasteiger partial charge in [0.15, 0.2) is 0 Å². The lowest BCUT2D eigenvalue weighted by Gasteiger charge is -2.21. The van der Waals surface area contributed by atoms with Crippen molar-refractivity contribution in [1.82, 2.24) is 9.29 Å². The van der Waals surface area contributed by atoms with Crippen molar-refractivity contribution in [3.63, 3.8) is 0 Å². The lowest BCUT2D eigenvalue weighted by atomic mass is 10.0. The molecule has 1 aromatic heterocycles. The molecule has 0 spiro atoms. The molecule has 0 bridgehead atoms. The third-order valence-corrected chi connectivity index (χ3v) is 2.86. The second kappa shape index (κ2) is 4.15. The van der Waals surface area contributed by atoms with Crippen LogP contribution >= 0.6 is 12.8 Å². The third-order valence-electron chi connectivity index (χ3n) is 2.50. The van der Waals surface area contributed by atoms with E-state index in [1.165, 1.54) is 11.1 Å². The maximum atomic E-state index is 4.42. The number of hydrogen-bond acceptors (Lipinski definition) is 3. The van der Waals surface area contributed by atoms with Gasteiger partial charge >= 0.3 is 0 Å². The Bertz CT molecular complexity index is 360. The van der Waals surface area contributed by atoms with Crippen LogP contribution in [-0.2, 0) is 0 Å². The minimum Gasteiger partial charge on any atom is -0.256 e. The van der Waals surface area contributed by atoms with Crippen molar-refractivity contribution in [2.75, 3.05) is 13.1 Å². The van der Waals surface area contributed by atoms with E-state index in [4.69, 9.17) is 0 Å². The molecule has 2 nitrogen and oxygen atoms in total. The Kier molecular flexibility index (Phi) is 2.89. The summed E-state index contributed by atoms with van der Waals surface area (Å²) in [4.78, 5) is 4.42. The third kappa shape index (κ3) is 1.99. The largest absolute Gasteiger partial charge is 0.256 e. The summed E-state index contributed by atoms with van der Waals surface area (Å²) in [7, 11) is 0. The van der Waals surface area contributed by atoms with Crippen molar-refractivity contribution < 1.29 is 0 Å². The normalized spacial score (nSPS) is 18.0. The molecule has 14 heavy (non-hydrogen) atoms. The van der Waals surface area contributed by atoms with Gasteiger partial charge in [-0.25, -0.2) is 4.31 Å². The molecule has 1 aliphatic heterocycles. The zero-order chi connectivity index (χ0) is 9.97. The molecular weight excluding hydrogens is 192 g/mol. The first kappa shape index (κ1) is 9.74. The summed E-state index contributed by atoms with van der Waals surface area (Å²) in [5, 5.41) is 0. The SMILES string of the molecule is Cc1cccnc1C1=CCN(S)CC1. The molecule has 0 atom stereocenters. The van der Waals surface area contributed by atoms with Crippen molar-refractivity contribution >= 4 is 18.4 Å². The first-order chi connectivity index (χ1) is 6.77. The average molecular weight is 206 g/mol. The summed E-state index contributed by atoms with van der Waals surface area (Å²) in [5.41, 5.74) is 3.76. The molecule has 0 saturated heterocycles. The molecule has 1 aromatic rings. The van der Waals surface area contributed by atoms with Crippen LogP contribution in [0, 0.1) is 6.92 Å². The van der Waals surface area contributed by atoms with Gasteiger partial charge in [0.1, 0.15) is 0 Å². The van der Waals surface area contributed by atoms with Crippen LogP contribution in [0.2, 0.25) is 0 Å². The molecule has 3 heteroatoms. The predicted octanol–water partition coefficient (Wildman–Crippen LogP) is 2.32. The summed E-state index contributed by atoms with van der Waals surface area (Å²) in [5.74, 6) is 0. The zero-order valence-corrected chi connectivity index (χ0v) is 9.17. The van der Waals surface area contributed by atoms with E-state index in [9.17, 15) is 0 Å². The standard InChI is InChI=1S/C11H14N2S/c1-9-3-2-6-12-11(9)10-4-7-13(14)8-5-10/h2-4,6,14H,5,7-8H2,1H3. The lowest BCUT2D eigenvalue weighted by molar-refractivity contribution is 0.522. The van der Waals surface area contributed by atoms with E-state index in [1.54, 1.807) is 0 Å². The first-order valence-corrected chi connectivity index (χ1v) is 5.22. The monoisotopic (exact) mass is 206 g/mol. The minimum atomic E-state index is 0.911. The van der Waals surface area contributed by atoms with Gasteiger partial charge in [0.05, 0.1) is 5.69 Å². The van der Waals surface area contributed by atoms with Crippen molar-refractivity contribution in [2.24, 2.45) is 0 Å². The van der Waals surface area contributed by atoms with E-state index in [0.717, 1.165) is 25.2 Å². The Morgan fingerprint density at radius 3 is 3.00 bits per heavy atom. The second-order valence-corrected chi connectivity index (χ2v) is 4.13. The highest BCUT2D eigenvalue weighted by Gasteiger charge is 2.12. The van der Waals surface area contributed by atoms with E-state index in [2.05, 4.69) is 36.9 Å². The fourth-order valence-corrected chi connectivity index (χ4v) is 1.88. The van der Waals surface area contributed by atoms with Gasteiger partial charge in [-0.1, -0.05) is 25.0 Å². The number of pyridine rings is 1. The maximum Gasteiger partial charge on any atom is 0.0688 e. The van der Waals surface area contributed by atoms with Crippen LogP contribution in [0.5, 0.6) is 0 Å². The van der Waals surface area contributed by atoms with Gasteiger partial charge in [0.25, 0.3) is 0 Å². The molecular formula is C11H14N2S. The van der Waals surface area contributed by atoms with Gasteiger partial charge < -0.3 is 0 Å². The van der Waals surface area contributed by atoms with E-state index in [-0.39, 0.29) is 0 Å². The number of rotatable bonds is 1. The fraction of sp³-hybridized carbons (Fsp3) is 0.364. The maximum absolute atomic E-state index is 4.42. The smallest absolute Gasteiger partial charge is 0.0688 e. The van der Waals surface area contributed by atoms with Gasteiger partial charge in [0, 0.05) is 19.3 Å². The number of aromatic nitrogens is 1. The quantitative estimate of drug-likeness (QED) is 0.710. The molecule has 0 N–H and O–H groups in total. The molecule has 74 valence electrons. The van der Waals surface area contributed by atoms with E-state index >= 15 is 0 Å². The number of aryl methyl sites for hydroxylation is 1. The fourth-order valence-electron chi connectivity index (χ4n) is 1.70. The molecule has 0 aromatic carbocycles. The summed E-state index contributed by atoms with van der Waals surface area (Å²) < 4.78 is 2.02. The summed E-state index contributed by atoms with van der Waals surface area (Å²) in [6.45, 7) is 4.02. The Labute approximate surface area is 90.2 Å². The van der Waals surface area contributed by atoms with Crippen LogP contribution < -0.4 is 0 Å². The minimum absolute atomic E-state index is 0.911. The van der Waals surface area contributed by atoms with Gasteiger partial charge in [0.2, 0.25) is 0 Å². The van der Waals surface area contributed by atoms with Gasteiger partial charge in [-0.15, -0.1) is 0 Å². The molecule has 0 aliphatic carbocycles. The van der Waals surface area contributed by atoms with Crippen LogP contribution in [0.1, 0.15) is 17.7 Å². The summed E-state index contributed by atoms with van der Waals surface area (Å²) in [6, 6.07) is 4.09. The van der Waals surface area contributed by atoms with Crippen LogP contribution in [-0.4, -0.2) is 22.4 Å². The van der Waals surface area contributed by atoms with E-state index in [0.29, 0.717) is 0 Å². The average Bonchev–Trinajstić information content (AvgIpc) is 2.20. The van der Waals surface area contributed by atoms with Crippen molar-refractivity contribution in [3.8, 4) is 0 Å². The summed E-state index contributed by atoms with van der Waals surface area (Å²) >= 11 is 4.31. The Hall–Kier alpha value is -0.800. The molecule has 0 amide bonds. The topological polar surface area (TPSA) is 16.1 Å². The van der Waals surface area contributed by atoms with Gasteiger partial charge in [-0.3, -0.25) is 4.98 Å². The predicted molar refractivity (Wildman–Crippen MR) is 62.1 cm³/mol. The number of thiol groups is 1. The number of nitrogens with zero attached hydrogens (tertiary/aromatic N) is 2. The second-order valence-electron chi connectivity index (χ2n) is 3.56. The van der Waals surface area contributed by atoms with Crippen LogP contribution in [0.25, 0.3) is 5.57 Å². The Balaban J connectivity index is 2.28. The van der Waals surface area contributed by atoms with Crippen molar-refractivity contribution in [1.29, 1.82) is 0 Å². The summed E-state index contributed by atoms with van der Waals surface area (Å²) in [6.07, 6.45) is 5.11. The van der Waals surface area contributed by atoms with Crippen LogP contribution in [0.4, 0.5) is 0 Å². The highest BCUT2D eigenvalue weighted by molar-refractivity contribution is 7.77. The molecule has 0 saturated carbocycles. The van der Waals surface area contributed by atoms with Crippen molar-refractivity contribution in [3.05, 3.63) is 35.7 Å². The van der Waals surface area contributed by atoms with Gasteiger partial charge in [-0.05, 0) is 30.5 Å². The molecule has 0 fully saturated rings. The van der Waals surface area contributed by atoms with Crippen molar-refractivity contribution in [2.45, 2.75) is 13.3 Å². The Morgan fingerprint density at radius 1 is 1.50 bits per heavy atom.